The van der Waals surface area contributed by atoms with E-state index < -0.39 is 48.0 Å². The molecular formula is C42H53N5O13S4. The third-order valence-electron chi connectivity index (χ3n) is 8.65. The molecule has 0 radical (unpaired) electrons. The molecule has 3 rings (SSSR count). The Balaban J connectivity index is 1.50. The molecule has 0 aliphatic carbocycles. The zero-order valence-corrected chi connectivity index (χ0v) is 39.1. The summed E-state index contributed by atoms with van der Waals surface area (Å²) < 4.78 is 27.7. The van der Waals surface area contributed by atoms with Crippen LogP contribution in [-0.4, -0.2) is 123 Å². The Kier molecular flexibility index (Phi) is 25.0. The number of aldehydes is 1. The largest absolute Gasteiger partial charge is 0.460 e. The van der Waals surface area contributed by atoms with E-state index in [1.165, 1.54) is 21.6 Å². The van der Waals surface area contributed by atoms with Crippen LogP contribution in [0.1, 0.15) is 80.8 Å². The zero-order valence-electron chi connectivity index (χ0n) is 35.8. The van der Waals surface area contributed by atoms with Crippen molar-refractivity contribution in [2.24, 2.45) is 5.73 Å². The van der Waals surface area contributed by atoms with Gasteiger partial charge in [-0.05, 0) is 61.8 Å². The minimum Gasteiger partial charge on any atom is -0.460 e. The van der Waals surface area contributed by atoms with Crippen molar-refractivity contribution in [3.05, 3.63) is 97.3 Å². The van der Waals surface area contributed by atoms with Crippen LogP contribution < -0.4 is 27.6 Å². The van der Waals surface area contributed by atoms with Crippen molar-refractivity contribution in [3.8, 4) is 11.8 Å². The molecule has 2 amide bonds. The average Bonchev–Trinajstić information content (AvgIpc) is 3.26. The van der Waals surface area contributed by atoms with Gasteiger partial charge in [0, 0.05) is 41.8 Å². The van der Waals surface area contributed by atoms with Gasteiger partial charge >= 0.3 is 17.6 Å². The first-order valence-electron chi connectivity index (χ1n) is 19.8. The maximum atomic E-state index is 13.2. The number of amides is 2. The molecule has 0 saturated carbocycles. The number of H-pyrrole nitrogens is 1. The van der Waals surface area contributed by atoms with E-state index in [9.17, 15) is 38.7 Å². The Morgan fingerprint density at radius 2 is 1.53 bits per heavy atom. The maximum Gasteiger partial charge on any atom is 0.338 e. The highest BCUT2D eigenvalue weighted by molar-refractivity contribution is 8.76. The Morgan fingerprint density at radius 3 is 2.23 bits per heavy atom. The molecule has 0 spiro atoms. The predicted molar refractivity (Wildman–Crippen MR) is 249 cm³/mol. The Labute approximate surface area is 386 Å². The summed E-state index contributed by atoms with van der Waals surface area (Å²) in [4.78, 5) is 89.7. The SMILES string of the molecule is CSSC(C)c1cc(NC(=O)COCCOCCN)ccc1C(=O)OCCOCC(=O)NCC#Cc1cn([C@H](O)C[C@H](CC=O)OC(=O)c2ccccc2C(C)SSC)c(=O)[nH]c1=O. The Hall–Kier alpha value is -4.57. The number of esters is 2. The van der Waals surface area contributed by atoms with E-state index in [1.54, 1.807) is 64.1 Å². The normalized spacial score (nSPS) is 12.8. The highest BCUT2D eigenvalue weighted by atomic mass is 33.1. The number of aromatic amines is 1. The third kappa shape index (κ3) is 18.5. The Morgan fingerprint density at radius 1 is 0.875 bits per heavy atom. The summed E-state index contributed by atoms with van der Waals surface area (Å²) in [5.74, 6) is 2.90. The number of aromatic nitrogens is 2. The molecule has 1 heterocycles. The predicted octanol–water partition coefficient (Wildman–Crippen LogP) is 3.65. The van der Waals surface area contributed by atoms with Crippen LogP contribution in [0.5, 0.6) is 0 Å². The lowest BCUT2D eigenvalue weighted by Crippen LogP contribution is -2.35. The second kappa shape index (κ2) is 29.8. The van der Waals surface area contributed by atoms with E-state index in [-0.39, 0.29) is 67.8 Å². The molecule has 2 unspecified atom stereocenters. The van der Waals surface area contributed by atoms with Crippen molar-refractivity contribution in [2.75, 3.05) is 77.2 Å². The van der Waals surface area contributed by atoms with Crippen molar-refractivity contribution in [1.82, 2.24) is 14.9 Å². The zero-order chi connectivity index (χ0) is 46.9. The number of rotatable bonds is 28. The number of nitrogens with zero attached hydrogens (tertiary/aromatic N) is 1. The van der Waals surface area contributed by atoms with Crippen molar-refractivity contribution >= 4 is 78.9 Å². The molecule has 0 saturated heterocycles. The number of nitrogens with two attached hydrogens (primary N) is 1. The van der Waals surface area contributed by atoms with E-state index in [4.69, 9.17) is 29.4 Å². The summed E-state index contributed by atoms with van der Waals surface area (Å²) in [6.45, 7) is 4.16. The first-order valence-corrected chi connectivity index (χ1v) is 25.0. The van der Waals surface area contributed by atoms with E-state index >= 15 is 0 Å². The molecule has 0 aliphatic rings. The fourth-order valence-corrected chi connectivity index (χ4v) is 9.23. The summed E-state index contributed by atoms with van der Waals surface area (Å²) in [6.07, 6.45) is 2.04. The first-order chi connectivity index (χ1) is 30.8. The lowest BCUT2D eigenvalue weighted by atomic mass is 10.0. The fourth-order valence-electron chi connectivity index (χ4n) is 5.69. The van der Waals surface area contributed by atoms with Gasteiger partial charge in [0.05, 0.1) is 44.1 Å². The van der Waals surface area contributed by atoms with Crippen molar-refractivity contribution in [3.63, 3.8) is 0 Å². The molecule has 64 heavy (non-hydrogen) atoms. The summed E-state index contributed by atoms with van der Waals surface area (Å²) in [5.41, 5.74) is 5.82. The van der Waals surface area contributed by atoms with Crippen LogP contribution in [0.25, 0.3) is 0 Å². The van der Waals surface area contributed by atoms with Crippen LogP contribution in [0.4, 0.5) is 5.69 Å². The number of anilines is 1. The van der Waals surface area contributed by atoms with Gasteiger partial charge in [-0.2, -0.15) is 0 Å². The van der Waals surface area contributed by atoms with Gasteiger partial charge in [0.1, 0.15) is 44.0 Å². The number of carbonyl (C=O) groups is 5. The third-order valence-corrected chi connectivity index (χ3v) is 13.0. The van der Waals surface area contributed by atoms with Crippen molar-refractivity contribution in [1.29, 1.82) is 0 Å². The minimum atomic E-state index is -1.62. The number of hydrogen-bond donors (Lipinski definition) is 5. The summed E-state index contributed by atoms with van der Waals surface area (Å²) in [6, 6.07) is 11.7. The highest BCUT2D eigenvalue weighted by Crippen LogP contribution is 2.39. The topological polar surface area (TPSA) is 257 Å². The van der Waals surface area contributed by atoms with E-state index in [1.807, 2.05) is 26.4 Å². The second-order valence-corrected chi connectivity index (χ2v) is 18.9. The monoisotopic (exact) mass is 963 g/mol. The number of aliphatic hydroxyl groups is 1. The molecule has 0 bridgehead atoms. The molecule has 22 heteroatoms. The standard InChI is InChI=1S/C42H53N5O13S4/c1-27(63-61-3)32-9-5-6-10-33(32)41(54)60-31(13-16-48)23-38(51)47-24-29(39(52)46-42(47)55)8-7-15-44-36(49)25-58-20-21-59-40(53)34-12-11-30(22-35(34)28(2)64-62-4)45-37(50)26-57-19-18-56-17-14-43/h5-6,9-12,16,22,24,27-28,31,38,51H,13-15,17-21,23,25-26,43H2,1-4H3,(H,44,49)(H,45,50)(H,46,52,55)/t27?,28?,31-,38+/m0/s1. The van der Waals surface area contributed by atoms with E-state index in [0.717, 1.165) is 16.3 Å². The van der Waals surface area contributed by atoms with Gasteiger partial charge in [0.15, 0.2) is 0 Å². The van der Waals surface area contributed by atoms with Gasteiger partial charge in [0.2, 0.25) is 11.8 Å². The van der Waals surface area contributed by atoms with Crippen molar-refractivity contribution < 1.29 is 52.8 Å². The van der Waals surface area contributed by atoms with Crippen LogP contribution >= 0.6 is 43.2 Å². The summed E-state index contributed by atoms with van der Waals surface area (Å²) in [7, 11) is 6.14. The molecular weight excluding hydrogens is 911 g/mol. The van der Waals surface area contributed by atoms with Gasteiger partial charge in [-0.15, -0.1) is 0 Å². The van der Waals surface area contributed by atoms with E-state index in [2.05, 4.69) is 27.5 Å². The smallest absolute Gasteiger partial charge is 0.338 e. The van der Waals surface area contributed by atoms with Crippen LogP contribution in [0.15, 0.2) is 58.3 Å². The highest BCUT2D eigenvalue weighted by Gasteiger charge is 2.25. The number of ether oxygens (including phenoxy) is 5. The van der Waals surface area contributed by atoms with Gasteiger partial charge in [-0.25, -0.2) is 14.4 Å². The Bertz CT molecular complexity index is 2200. The van der Waals surface area contributed by atoms with Crippen LogP contribution in [0, 0.1) is 11.8 Å². The molecule has 3 aromatic rings. The maximum absolute atomic E-state index is 13.2. The number of carbonyl (C=O) groups excluding carboxylic acids is 5. The minimum absolute atomic E-state index is 0.0430. The quantitative estimate of drug-likeness (QED) is 0.0229. The summed E-state index contributed by atoms with van der Waals surface area (Å²) >= 11 is 0. The molecule has 6 N–H and O–H groups in total. The molecule has 4 atom stereocenters. The van der Waals surface area contributed by atoms with Crippen LogP contribution in [0.2, 0.25) is 0 Å². The summed E-state index contributed by atoms with van der Waals surface area (Å²) in [5, 5.41) is 16.0. The van der Waals surface area contributed by atoms with Gasteiger partial charge < -0.3 is 50.0 Å². The lowest BCUT2D eigenvalue weighted by Gasteiger charge is -2.22. The van der Waals surface area contributed by atoms with Gasteiger partial charge in [-0.3, -0.25) is 23.9 Å². The second-order valence-electron chi connectivity index (χ2n) is 13.3. The average molecular weight is 964 g/mol. The van der Waals surface area contributed by atoms with Gasteiger partial charge in [-0.1, -0.05) is 73.2 Å². The molecule has 18 nitrogen and oxygen atoms in total. The number of hydrogen-bond acceptors (Lipinski definition) is 18. The number of nitrogens with one attached hydrogen (secondary N) is 3. The van der Waals surface area contributed by atoms with Gasteiger partial charge in [0.25, 0.3) is 5.56 Å². The number of benzene rings is 2. The van der Waals surface area contributed by atoms with Crippen molar-refractivity contribution in [2.45, 2.75) is 49.5 Å². The molecule has 2 aromatic carbocycles. The van der Waals surface area contributed by atoms with Crippen LogP contribution in [-0.2, 0) is 38.1 Å². The van der Waals surface area contributed by atoms with E-state index in [0.29, 0.717) is 48.4 Å². The van der Waals surface area contributed by atoms with Crippen LogP contribution in [0.3, 0.4) is 0 Å². The first kappa shape index (κ1) is 53.8. The lowest BCUT2D eigenvalue weighted by molar-refractivity contribution is -0.125. The number of aliphatic hydroxyl groups excluding tert-OH is 1. The molecule has 348 valence electrons. The molecule has 1 aromatic heterocycles. The molecule has 0 aliphatic heterocycles. The molecule has 0 fully saturated rings. The fraction of sp³-hybridized carbons (Fsp3) is 0.452.